The van der Waals surface area contributed by atoms with E-state index in [0.29, 0.717) is 18.4 Å². The molecule has 2 aromatic rings. The lowest BCUT2D eigenvalue weighted by Crippen LogP contribution is -2.45. The first-order chi connectivity index (χ1) is 12.2. The van der Waals surface area contributed by atoms with Gasteiger partial charge in [0.2, 0.25) is 0 Å². The molecule has 0 aliphatic carbocycles. The van der Waals surface area contributed by atoms with E-state index in [0.717, 1.165) is 11.1 Å². The maximum absolute atomic E-state index is 13.1. The van der Waals surface area contributed by atoms with Gasteiger partial charge in [-0.1, -0.05) is 30.3 Å². The third-order valence-corrected chi connectivity index (χ3v) is 5.14. The van der Waals surface area contributed by atoms with E-state index < -0.39 is 11.9 Å². The van der Waals surface area contributed by atoms with E-state index in [-0.39, 0.29) is 18.0 Å². The Balaban J connectivity index is 1.74. The molecule has 1 aromatic heterocycles. The van der Waals surface area contributed by atoms with Crippen LogP contribution in [0.15, 0.2) is 60.9 Å². The van der Waals surface area contributed by atoms with Crippen molar-refractivity contribution in [1.29, 1.82) is 0 Å². The van der Waals surface area contributed by atoms with Gasteiger partial charge < -0.3 is 10.0 Å². The number of nitrogens with zero attached hydrogens (tertiary/aromatic N) is 2. The normalized spacial score (nSPS) is 24.7. The first kappa shape index (κ1) is 15.6. The van der Waals surface area contributed by atoms with Crippen LogP contribution in [0.5, 0.6) is 0 Å². The van der Waals surface area contributed by atoms with Gasteiger partial charge in [0.15, 0.2) is 0 Å². The molecule has 2 aliphatic rings. The highest BCUT2D eigenvalue weighted by atomic mass is 16.4. The molecule has 5 heteroatoms. The van der Waals surface area contributed by atoms with Crippen LogP contribution in [0.2, 0.25) is 0 Å². The SMILES string of the molecule is O=C(O)[C@H]1C[C@@H]2C(c3cccnc3)=CC[C@@H]1N2C(=O)c1ccccc1. The van der Waals surface area contributed by atoms with Crippen molar-refractivity contribution in [3.8, 4) is 0 Å². The molecule has 3 heterocycles. The standard InChI is InChI=1S/C20H18N2O3/c23-19(13-5-2-1-3-6-13)22-17-9-8-15(14-7-4-10-21-12-14)18(22)11-16(17)20(24)25/h1-8,10,12,16-18H,9,11H2,(H,24,25)/t16-,17-,18+/m0/s1. The predicted molar refractivity (Wildman–Crippen MR) is 92.8 cm³/mol. The Morgan fingerprint density at radius 3 is 2.60 bits per heavy atom. The van der Waals surface area contributed by atoms with Crippen LogP contribution in [0, 0.1) is 5.92 Å². The van der Waals surface area contributed by atoms with E-state index in [1.165, 1.54) is 0 Å². The van der Waals surface area contributed by atoms with Crippen molar-refractivity contribution in [2.75, 3.05) is 0 Å². The third-order valence-electron chi connectivity index (χ3n) is 5.14. The van der Waals surface area contributed by atoms with Crippen LogP contribution in [0.1, 0.15) is 28.8 Å². The average molecular weight is 334 g/mol. The van der Waals surface area contributed by atoms with Crippen molar-refractivity contribution in [2.45, 2.75) is 24.9 Å². The fourth-order valence-electron chi connectivity index (χ4n) is 4.01. The van der Waals surface area contributed by atoms with E-state index in [1.807, 2.05) is 30.3 Å². The van der Waals surface area contributed by atoms with Crippen molar-refractivity contribution in [2.24, 2.45) is 5.92 Å². The fourth-order valence-corrected chi connectivity index (χ4v) is 4.01. The molecule has 2 bridgehead atoms. The van der Waals surface area contributed by atoms with Crippen LogP contribution in [-0.4, -0.2) is 39.0 Å². The smallest absolute Gasteiger partial charge is 0.308 e. The van der Waals surface area contributed by atoms with Crippen molar-refractivity contribution in [3.63, 3.8) is 0 Å². The van der Waals surface area contributed by atoms with E-state index >= 15 is 0 Å². The lowest BCUT2D eigenvalue weighted by Gasteiger charge is -2.35. The first-order valence-electron chi connectivity index (χ1n) is 8.38. The Morgan fingerprint density at radius 1 is 1.12 bits per heavy atom. The quantitative estimate of drug-likeness (QED) is 0.937. The van der Waals surface area contributed by atoms with Gasteiger partial charge in [-0.05, 0) is 42.2 Å². The van der Waals surface area contributed by atoms with Gasteiger partial charge in [0, 0.05) is 24.0 Å². The molecule has 1 saturated heterocycles. The molecule has 0 saturated carbocycles. The number of aromatic nitrogens is 1. The number of aliphatic carboxylic acids is 1. The van der Waals surface area contributed by atoms with Crippen LogP contribution in [-0.2, 0) is 4.79 Å². The molecule has 0 unspecified atom stereocenters. The number of hydrogen-bond acceptors (Lipinski definition) is 3. The zero-order valence-corrected chi connectivity index (χ0v) is 13.6. The van der Waals surface area contributed by atoms with Gasteiger partial charge in [0.1, 0.15) is 0 Å². The summed E-state index contributed by atoms with van der Waals surface area (Å²) in [6.07, 6.45) is 6.54. The molecule has 1 amide bonds. The lowest BCUT2D eigenvalue weighted by molar-refractivity contribution is -0.142. The van der Waals surface area contributed by atoms with E-state index in [2.05, 4.69) is 11.1 Å². The van der Waals surface area contributed by atoms with Gasteiger partial charge in [-0.15, -0.1) is 0 Å². The maximum Gasteiger partial charge on any atom is 0.308 e. The third kappa shape index (κ3) is 2.61. The van der Waals surface area contributed by atoms with Crippen LogP contribution in [0.4, 0.5) is 0 Å². The van der Waals surface area contributed by atoms with Crippen molar-refractivity contribution in [1.82, 2.24) is 9.88 Å². The average Bonchev–Trinajstić information content (AvgIpc) is 2.92. The van der Waals surface area contributed by atoms with Crippen LogP contribution < -0.4 is 0 Å². The highest BCUT2D eigenvalue weighted by molar-refractivity contribution is 5.97. The zero-order chi connectivity index (χ0) is 17.4. The minimum atomic E-state index is -0.834. The highest BCUT2D eigenvalue weighted by Crippen LogP contribution is 2.44. The zero-order valence-electron chi connectivity index (χ0n) is 13.6. The number of carbonyl (C=O) groups is 2. The van der Waals surface area contributed by atoms with Crippen molar-refractivity contribution < 1.29 is 14.7 Å². The minimum absolute atomic E-state index is 0.103. The molecule has 5 nitrogen and oxygen atoms in total. The number of carboxylic acid groups (broad SMARTS) is 1. The second-order valence-corrected chi connectivity index (χ2v) is 6.48. The number of rotatable bonds is 3. The number of pyridine rings is 1. The summed E-state index contributed by atoms with van der Waals surface area (Å²) in [5.41, 5.74) is 2.54. The Kier molecular flexibility index (Phi) is 3.84. The molecule has 3 atom stereocenters. The topological polar surface area (TPSA) is 70.5 Å². The van der Waals surface area contributed by atoms with Crippen LogP contribution in [0.25, 0.3) is 5.57 Å². The fraction of sp³-hybridized carbons (Fsp3) is 0.250. The maximum atomic E-state index is 13.1. The van der Waals surface area contributed by atoms with Gasteiger partial charge >= 0.3 is 5.97 Å². The number of carboxylic acids is 1. The molecule has 1 fully saturated rings. The summed E-state index contributed by atoms with van der Waals surface area (Å²) in [6, 6.07) is 12.4. The summed E-state index contributed by atoms with van der Waals surface area (Å²) in [6.45, 7) is 0. The minimum Gasteiger partial charge on any atom is -0.481 e. The van der Waals surface area contributed by atoms with Gasteiger partial charge in [-0.25, -0.2) is 0 Å². The van der Waals surface area contributed by atoms with Crippen molar-refractivity contribution >= 4 is 17.4 Å². The van der Waals surface area contributed by atoms with Gasteiger partial charge in [0.05, 0.1) is 12.0 Å². The molecule has 1 aromatic carbocycles. The number of amides is 1. The van der Waals surface area contributed by atoms with Gasteiger partial charge in [-0.2, -0.15) is 0 Å². The Hall–Kier alpha value is -2.95. The molecule has 25 heavy (non-hydrogen) atoms. The van der Waals surface area contributed by atoms with E-state index in [1.54, 1.807) is 29.4 Å². The largest absolute Gasteiger partial charge is 0.481 e. The second kappa shape index (κ2) is 6.16. The Labute approximate surface area is 145 Å². The van der Waals surface area contributed by atoms with E-state index in [4.69, 9.17) is 0 Å². The number of benzene rings is 1. The summed E-state index contributed by atoms with van der Waals surface area (Å²) in [5.74, 6) is -1.48. The molecule has 126 valence electrons. The van der Waals surface area contributed by atoms with Gasteiger partial charge in [-0.3, -0.25) is 14.6 Å². The number of hydrogen-bond donors (Lipinski definition) is 1. The summed E-state index contributed by atoms with van der Waals surface area (Å²) >= 11 is 0. The van der Waals surface area contributed by atoms with E-state index in [9.17, 15) is 14.7 Å². The Bertz CT molecular complexity index is 833. The van der Waals surface area contributed by atoms with Crippen LogP contribution in [0.3, 0.4) is 0 Å². The molecule has 0 radical (unpaired) electrons. The molecule has 0 spiro atoms. The summed E-state index contributed by atoms with van der Waals surface area (Å²) in [7, 11) is 0. The summed E-state index contributed by atoms with van der Waals surface area (Å²) in [5, 5.41) is 9.61. The molecule has 2 aliphatic heterocycles. The van der Waals surface area contributed by atoms with Gasteiger partial charge in [0.25, 0.3) is 5.91 Å². The highest BCUT2D eigenvalue weighted by Gasteiger charge is 2.50. The number of carbonyl (C=O) groups excluding carboxylic acids is 1. The van der Waals surface area contributed by atoms with Crippen LogP contribution >= 0.6 is 0 Å². The van der Waals surface area contributed by atoms with Crippen molar-refractivity contribution in [3.05, 3.63) is 72.1 Å². The molecule has 1 N–H and O–H groups in total. The Morgan fingerprint density at radius 2 is 1.92 bits per heavy atom. The lowest BCUT2D eigenvalue weighted by atomic mass is 9.94. The molecule has 4 rings (SSSR count). The molecular formula is C20H18N2O3. The first-order valence-corrected chi connectivity index (χ1v) is 8.38. The monoisotopic (exact) mass is 334 g/mol. The predicted octanol–water partition coefficient (Wildman–Crippen LogP) is 2.85. The second-order valence-electron chi connectivity index (χ2n) is 6.48. The number of fused-ring (bicyclic) bond motifs is 2. The molecular weight excluding hydrogens is 316 g/mol. The summed E-state index contributed by atoms with van der Waals surface area (Å²) in [4.78, 5) is 30.8. The summed E-state index contributed by atoms with van der Waals surface area (Å²) < 4.78 is 0.